The summed E-state index contributed by atoms with van der Waals surface area (Å²) in [6.45, 7) is 4.42. The predicted molar refractivity (Wildman–Crippen MR) is 82.1 cm³/mol. The predicted octanol–water partition coefficient (Wildman–Crippen LogP) is 2.87. The highest BCUT2D eigenvalue weighted by molar-refractivity contribution is 9.10. The molecule has 19 heavy (non-hydrogen) atoms. The van der Waals surface area contributed by atoms with Crippen LogP contribution in [0.3, 0.4) is 0 Å². The van der Waals surface area contributed by atoms with Gasteiger partial charge < -0.3 is 15.2 Å². The Balaban J connectivity index is 1.78. The summed E-state index contributed by atoms with van der Waals surface area (Å²) in [4.78, 5) is 6.95. The summed E-state index contributed by atoms with van der Waals surface area (Å²) >= 11 is 3.47. The van der Waals surface area contributed by atoms with Gasteiger partial charge in [0.1, 0.15) is 0 Å². The largest absolute Gasteiger partial charge is 0.369 e. The van der Waals surface area contributed by atoms with Crippen molar-refractivity contribution in [2.24, 2.45) is 0 Å². The van der Waals surface area contributed by atoms with Gasteiger partial charge in [0.2, 0.25) is 5.95 Å². The van der Waals surface area contributed by atoms with E-state index in [4.69, 9.17) is 5.73 Å². The summed E-state index contributed by atoms with van der Waals surface area (Å²) in [6.07, 6.45) is 4.03. The van der Waals surface area contributed by atoms with Gasteiger partial charge in [-0.15, -0.1) is 0 Å². The lowest BCUT2D eigenvalue weighted by molar-refractivity contribution is 0.222. The van der Waals surface area contributed by atoms with Crippen molar-refractivity contribution in [3.63, 3.8) is 0 Å². The molecule has 2 N–H and O–H groups in total. The molecule has 3 rings (SSSR count). The fourth-order valence-electron chi connectivity index (χ4n) is 2.78. The van der Waals surface area contributed by atoms with Crippen molar-refractivity contribution < 1.29 is 0 Å². The number of piperidine rings is 1. The van der Waals surface area contributed by atoms with Crippen LogP contribution in [-0.4, -0.2) is 34.1 Å². The van der Waals surface area contributed by atoms with E-state index in [9.17, 15) is 0 Å². The third-order valence-electron chi connectivity index (χ3n) is 3.83. The van der Waals surface area contributed by atoms with Gasteiger partial charge in [-0.3, -0.25) is 0 Å². The van der Waals surface area contributed by atoms with Gasteiger partial charge in [-0.1, -0.05) is 22.4 Å². The molecule has 0 spiro atoms. The number of aromatic nitrogens is 2. The summed E-state index contributed by atoms with van der Waals surface area (Å²) in [5.41, 5.74) is 8.12. The van der Waals surface area contributed by atoms with Gasteiger partial charge in [-0.2, -0.15) is 0 Å². The molecule has 0 amide bonds. The first-order valence-corrected chi connectivity index (χ1v) is 7.67. The monoisotopic (exact) mass is 322 g/mol. The third-order valence-corrected chi connectivity index (χ3v) is 4.32. The summed E-state index contributed by atoms with van der Waals surface area (Å²) in [5.74, 6) is 0.616. The Hall–Kier alpha value is -1.07. The molecule has 1 aliphatic rings. The first kappa shape index (κ1) is 12.9. The number of hydrogen-bond donors (Lipinski definition) is 1. The van der Waals surface area contributed by atoms with Crippen LogP contribution < -0.4 is 5.73 Å². The van der Waals surface area contributed by atoms with Crippen molar-refractivity contribution >= 4 is 32.9 Å². The van der Waals surface area contributed by atoms with Crippen LogP contribution in [0.2, 0.25) is 0 Å². The molecule has 0 bridgehead atoms. The molecule has 5 heteroatoms. The van der Waals surface area contributed by atoms with Gasteiger partial charge in [0.15, 0.2) is 0 Å². The molecular formula is C14H19BrN4. The van der Waals surface area contributed by atoms with Gasteiger partial charge in [-0.25, -0.2) is 4.98 Å². The lowest BCUT2D eigenvalue weighted by atomic mass is 10.1. The van der Waals surface area contributed by atoms with E-state index >= 15 is 0 Å². The lowest BCUT2D eigenvalue weighted by Crippen LogP contribution is -2.32. The maximum atomic E-state index is 6.04. The molecule has 102 valence electrons. The molecule has 0 unspecified atom stereocenters. The van der Waals surface area contributed by atoms with E-state index in [1.807, 2.05) is 12.1 Å². The molecule has 0 saturated carbocycles. The van der Waals surface area contributed by atoms with E-state index in [-0.39, 0.29) is 0 Å². The first-order valence-electron chi connectivity index (χ1n) is 6.88. The molecule has 0 atom stereocenters. The van der Waals surface area contributed by atoms with Gasteiger partial charge in [0.05, 0.1) is 11.0 Å². The van der Waals surface area contributed by atoms with E-state index in [1.54, 1.807) is 0 Å². The number of benzene rings is 1. The number of rotatable bonds is 3. The Kier molecular flexibility index (Phi) is 3.75. The van der Waals surface area contributed by atoms with E-state index in [0.29, 0.717) is 5.95 Å². The quantitative estimate of drug-likeness (QED) is 0.945. The van der Waals surface area contributed by atoms with E-state index in [2.05, 4.69) is 36.4 Å². The second-order valence-electron chi connectivity index (χ2n) is 5.16. The normalized spacial score (nSPS) is 17.1. The molecule has 1 saturated heterocycles. The fraction of sp³-hybridized carbons (Fsp3) is 0.500. The lowest BCUT2D eigenvalue weighted by Gasteiger charge is -2.26. The van der Waals surface area contributed by atoms with Crippen molar-refractivity contribution in [2.45, 2.75) is 25.8 Å². The molecule has 2 aromatic rings. The Morgan fingerprint density at radius 1 is 1.16 bits per heavy atom. The smallest absolute Gasteiger partial charge is 0.201 e. The highest BCUT2D eigenvalue weighted by Gasteiger charge is 2.12. The number of anilines is 1. The van der Waals surface area contributed by atoms with Crippen LogP contribution in [0.5, 0.6) is 0 Å². The molecule has 1 aromatic carbocycles. The Morgan fingerprint density at radius 3 is 2.74 bits per heavy atom. The van der Waals surface area contributed by atoms with Crippen molar-refractivity contribution in [1.82, 2.24) is 14.5 Å². The van der Waals surface area contributed by atoms with Crippen LogP contribution in [0.4, 0.5) is 5.95 Å². The standard InChI is InChI=1S/C14H19BrN4/c15-11-4-5-13-12(10-11)17-14(16)19(13)9-8-18-6-2-1-3-7-18/h4-5,10H,1-3,6-9H2,(H2,16,17). The number of fused-ring (bicyclic) bond motifs is 1. The average molecular weight is 323 g/mol. The minimum Gasteiger partial charge on any atom is -0.369 e. The average Bonchev–Trinajstić information content (AvgIpc) is 2.72. The van der Waals surface area contributed by atoms with Crippen LogP contribution in [-0.2, 0) is 6.54 Å². The maximum absolute atomic E-state index is 6.04. The number of nitrogens with two attached hydrogens (primary N) is 1. The molecule has 1 fully saturated rings. The third kappa shape index (κ3) is 2.77. The summed E-state index contributed by atoms with van der Waals surface area (Å²) in [7, 11) is 0. The van der Waals surface area contributed by atoms with Crippen LogP contribution in [0.25, 0.3) is 11.0 Å². The summed E-state index contributed by atoms with van der Waals surface area (Å²) in [6, 6.07) is 6.14. The number of nitrogens with zero attached hydrogens (tertiary/aromatic N) is 3. The van der Waals surface area contributed by atoms with Crippen molar-refractivity contribution in [3.05, 3.63) is 22.7 Å². The van der Waals surface area contributed by atoms with Gasteiger partial charge >= 0.3 is 0 Å². The molecule has 1 aliphatic heterocycles. The Labute approximate surface area is 121 Å². The second kappa shape index (κ2) is 5.51. The number of hydrogen-bond acceptors (Lipinski definition) is 3. The van der Waals surface area contributed by atoms with E-state index < -0.39 is 0 Å². The zero-order chi connectivity index (χ0) is 13.2. The molecule has 2 heterocycles. The molecule has 4 nitrogen and oxygen atoms in total. The van der Waals surface area contributed by atoms with Crippen molar-refractivity contribution in [1.29, 1.82) is 0 Å². The highest BCUT2D eigenvalue weighted by atomic mass is 79.9. The molecule has 0 aliphatic carbocycles. The van der Waals surface area contributed by atoms with Crippen LogP contribution >= 0.6 is 15.9 Å². The number of nitrogen functional groups attached to an aromatic ring is 1. The van der Waals surface area contributed by atoms with E-state index in [1.165, 1.54) is 32.4 Å². The van der Waals surface area contributed by atoms with E-state index in [0.717, 1.165) is 28.6 Å². The number of halogens is 1. The minimum atomic E-state index is 0.616. The van der Waals surface area contributed by atoms with Crippen LogP contribution in [0.1, 0.15) is 19.3 Å². The minimum absolute atomic E-state index is 0.616. The molecular weight excluding hydrogens is 304 g/mol. The number of imidazole rings is 1. The fourth-order valence-corrected chi connectivity index (χ4v) is 3.13. The van der Waals surface area contributed by atoms with Gasteiger partial charge in [-0.05, 0) is 44.1 Å². The zero-order valence-electron chi connectivity index (χ0n) is 11.0. The summed E-state index contributed by atoms with van der Waals surface area (Å²) < 4.78 is 3.16. The Bertz CT molecular complexity index is 572. The number of likely N-dealkylation sites (tertiary alicyclic amines) is 1. The van der Waals surface area contributed by atoms with Gasteiger partial charge in [0, 0.05) is 17.6 Å². The van der Waals surface area contributed by atoms with Crippen molar-refractivity contribution in [3.8, 4) is 0 Å². The van der Waals surface area contributed by atoms with Gasteiger partial charge in [0.25, 0.3) is 0 Å². The van der Waals surface area contributed by atoms with Crippen molar-refractivity contribution in [2.75, 3.05) is 25.4 Å². The maximum Gasteiger partial charge on any atom is 0.201 e. The SMILES string of the molecule is Nc1nc2cc(Br)ccc2n1CCN1CCCCC1. The highest BCUT2D eigenvalue weighted by Crippen LogP contribution is 2.22. The van der Waals surface area contributed by atoms with Crippen LogP contribution in [0, 0.1) is 0 Å². The first-order chi connectivity index (χ1) is 9.24. The molecule has 0 radical (unpaired) electrons. The Morgan fingerprint density at radius 2 is 1.95 bits per heavy atom. The topological polar surface area (TPSA) is 47.1 Å². The summed E-state index contributed by atoms with van der Waals surface area (Å²) in [5, 5.41) is 0. The second-order valence-corrected chi connectivity index (χ2v) is 6.07. The molecule has 1 aromatic heterocycles. The zero-order valence-corrected chi connectivity index (χ0v) is 12.6. The van der Waals surface area contributed by atoms with Crippen LogP contribution in [0.15, 0.2) is 22.7 Å².